The number of carbonyl (C=O) groups is 1. The molecule has 2 aromatic heterocycles. The van der Waals surface area contributed by atoms with E-state index < -0.39 is 0 Å². The standard InChI is InChI=1S/C15H17N3O2/c1-9-13-11(15(19)18-6-2-3-7-18)8-12(10-4-5-10)16-14(13)20-17-9/h8,10H,2-7H2,1H3. The van der Waals surface area contributed by atoms with Crippen LogP contribution < -0.4 is 0 Å². The van der Waals surface area contributed by atoms with Crippen molar-refractivity contribution in [2.75, 3.05) is 13.1 Å². The van der Waals surface area contributed by atoms with Crippen LogP contribution in [0.2, 0.25) is 0 Å². The first-order valence-corrected chi connectivity index (χ1v) is 7.30. The molecule has 1 amide bonds. The third kappa shape index (κ3) is 1.80. The molecule has 0 unspecified atom stereocenters. The summed E-state index contributed by atoms with van der Waals surface area (Å²) in [5.74, 6) is 0.595. The van der Waals surface area contributed by atoms with E-state index in [4.69, 9.17) is 4.52 Å². The zero-order chi connectivity index (χ0) is 13.7. The van der Waals surface area contributed by atoms with E-state index in [1.165, 1.54) is 0 Å². The predicted molar refractivity (Wildman–Crippen MR) is 73.7 cm³/mol. The quantitative estimate of drug-likeness (QED) is 0.842. The molecule has 4 rings (SSSR count). The van der Waals surface area contributed by atoms with E-state index in [1.54, 1.807) is 0 Å². The fourth-order valence-corrected chi connectivity index (χ4v) is 2.96. The van der Waals surface area contributed by atoms with Crippen LogP contribution in [-0.2, 0) is 0 Å². The summed E-state index contributed by atoms with van der Waals surface area (Å²) in [4.78, 5) is 19.2. The van der Waals surface area contributed by atoms with E-state index in [1.807, 2.05) is 17.9 Å². The maximum Gasteiger partial charge on any atom is 0.259 e. The van der Waals surface area contributed by atoms with Crippen molar-refractivity contribution in [3.8, 4) is 0 Å². The molecule has 2 aliphatic rings. The van der Waals surface area contributed by atoms with Crippen molar-refractivity contribution in [3.05, 3.63) is 23.0 Å². The molecule has 3 heterocycles. The Kier molecular flexibility index (Phi) is 2.55. The first kappa shape index (κ1) is 11.9. The van der Waals surface area contributed by atoms with Gasteiger partial charge in [0.1, 0.15) is 0 Å². The third-order valence-corrected chi connectivity index (χ3v) is 4.26. The molecule has 1 aliphatic carbocycles. The van der Waals surface area contributed by atoms with Crippen molar-refractivity contribution in [2.45, 2.75) is 38.5 Å². The first-order valence-electron chi connectivity index (χ1n) is 7.30. The minimum absolute atomic E-state index is 0.100. The van der Waals surface area contributed by atoms with Gasteiger partial charge in [-0.15, -0.1) is 0 Å². The average Bonchev–Trinajstić information content (AvgIpc) is 3.04. The molecule has 2 fully saturated rings. The van der Waals surface area contributed by atoms with Crippen LogP contribution in [0.3, 0.4) is 0 Å². The summed E-state index contributed by atoms with van der Waals surface area (Å²) in [6.07, 6.45) is 4.50. The number of fused-ring (bicyclic) bond motifs is 1. The van der Waals surface area contributed by atoms with E-state index >= 15 is 0 Å². The van der Waals surface area contributed by atoms with Gasteiger partial charge in [0.05, 0.1) is 16.6 Å². The number of aryl methyl sites for hydroxylation is 1. The highest BCUT2D eigenvalue weighted by Gasteiger charge is 2.30. The number of amides is 1. The Morgan fingerprint density at radius 3 is 2.80 bits per heavy atom. The van der Waals surface area contributed by atoms with Crippen LogP contribution in [0.4, 0.5) is 0 Å². The van der Waals surface area contributed by atoms with Crippen LogP contribution >= 0.6 is 0 Å². The van der Waals surface area contributed by atoms with Crippen molar-refractivity contribution in [3.63, 3.8) is 0 Å². The molecule has 0 N–H and O–H groups in total. The number of nitrogens with zero attached hydrogens (tertiary/aromatic N) is 3. The number of rotatable bonds is 2. The van der Waals surface area contributed by atoms with E-state index in [-0.39, 0.29) is 5.91 Å². The van der Waals surface area contributed by atoms with Gasteiger partial charge >= 0.3 is 0 Å². The maximum atomic E-state index is 12.7. The molecule has 20 heavy (non-hydrogen) atoms. The van der Waals surface area contributed by atoms with E-state index in [2.05, 4.69) is 10.1 Å². The fourth-order valence-electron chi connectivity index (χ4n) is 2.96. The van der Waals surface area contributed by atoms with Gasteiger partial charge in [0.2, 0.25) is 0 Å². The molecule has 0 radical (unpaired) electrons. The molecule has 104 valence electrons. The lowest BCUT2D eigenvalue weighted by Gasteiger charge is -2.16. The molecule has 0 atom stereocenters. The molecule has 2 aromatic rings. The van der Waals surface area contributed by atoms with Crippen molar-refractivity contribution in [1.82, 2.24) is 15.0 Å². The number of pyridine rings is 1. The molecular formula is C15H17N3O2. The minimum Gasteiger partial charge on any atom is -0.339 e. The van der Waals surface area contributed by atoms with Crippen molar-refractivity contribution >= 4 is 17.0 Å². The lowest BCUT2D eigenvalue weighted by Crippen LogP contribution is -2.28. The Morgan fingerprint density at radius 2 is 2.10 bits per heavy atom. The van der Waals surface area contributed by atoms with Gasteiger partial charge in [-0.1, -0.05) is 5.16 Å². The second-order valence-corrected chi connectivity index (χ2v) is 5.82. The van der Waals surface area contributed by atoms with Crippen molar-refractivity contribution in [1.29, 1.82) is 0 Å². The number of aromatic nitrogens is 2. The zero-order valence-electron chi connectivity index (χ0n) is 11.6. The fraction of sp³-hybridized carbons (Fsp3) is 0.533. The summed E-state index contributed by atoms with van der Waals surface area (Å²) < 4.78 is 5.29. The highest BCUT2D eigenvalue weighted by molar-refractivity contribution is 6.06. The molecule has 0 spiro atoms. The van der Waals surface area contributed by atoms with Crippen LogP contribution in [0.25, 0.3) is 11.1 Å². The summed E-state index contributed by atoms with van der Waals surface area (Å²) in [7, 11) is 0. The highest BCUT2D eigenvalue weighted by atomic mass is 16.5. The van der Waals surface area contributed by atoms with Gasteiger partial charge in [0.25, 0.3) is 11.6 Å². The van der Waals surface area contributed by atoms with Crippen LogP contribution in [0.15, 0.2) is 10.6 Å². The summed E-state index contributed by atoms with van der Waals surface area (Å²) in [6, 6.07) is 1.96. The molecule has 1 saturated heterocycles. The smallest absolute Gasteiger partial charge is 0.259 e. The normalized spacial score (nSPS) is 18.9. The monoisotopic (exact) mass is 271 g/mol. The summed E-state index contributed by atoms with van der Waals surface area (Å²) in [6.45, 7) is 3.57. The second-order valence-electron chi connectivity index (χ2n) is 5.82. The van der Waals surface area contributed by atoms with Gasteiger partial charge in [-0.25, -0.2) is 4.98 Å². The number of carbonyl (C=O) groups excluding carboxylic acids is 1. The molecule has 1 aliphatic heterocycles. The Balaban J connectivity index is 1.86. The van der Waals surface area contributed by atoms with Gasteiger partial charge in [-0.05, 0) is 38.7 Å². The SMILES string of the molecule is Cc1noc2nc(C3CC3)cc(C(=O)N3CCCC3)c12. The largest absolute Gasteiger partial charge is 0.339 e. The number of likely N-dealkylation sites (tertiary alicyclic amines) is 1. The van der Waals surface area contributed by atoms with Crippen LogP contribution in [0.1, 0.15) is 53.3 Å². The minimum atomic E-state index is 0.100. The molecule has 0 aromatic carbocycles. The topological polar surface area (TPSA) is 59.2 Å². The van der Waals surface area contributed by atoms with Gasteiger partial charge in [-0.3, -0.25) is 4.79 Å². The molecular weight excluding hydrogens is 254 g/mol. The Labute approximate surface area is 116 Å². The zero-order valence-corrected chi connectivity index (χ0v) is 11.6. The van der Waals surface area contributed by atoms with Crippen LogP contribution in [0.5, 0.6) is 0 Å². The first-order chi connectivity index (χ1) is 9.74. The summed E-state index contributed by atoms with van der Waals surface area (Å²) >= 11 is 0. The van der Waals surface area contributed by atoms with E-state index in [0.29, 0.717) is 11.6 Å². The van der Waals surface area contributed by atoms with Crippen LogP contribution in [0, 0.1) is 6.92 Å². The lowest BCUT2D eigenvalue weighted by molar-refractivity contribution is 0.0794. The molecule has 0 bridgehead atoms. The highest BCUT2D eigenvalue weighted by Crippen LogP contribution is 2.40. The maximum absolute atomic E-state index is 12.7. The number of hydrogen-bond donors (Lipinski definition) is 0. The van der Waals surface area contributed by atoms with Crippen molar-refractivity contribution < 1.29 is 9.32 Å². The summed E-state index contributed by atoms with van der Waals surface area (Å²) in [5.41, 5.74) is 2.96. The Bertz CT molecular complexity index is 682. The lowest BCUT2D eigenvalue weighted by atomic mass is 10.1. The average molecular weight is 271 g/mol. The third-order valence-electron chi connectivity index (χ3n) is 4.26. The second kappa shape index (κ2) is 4.30. The van der Waals surface area contributed by atoms with Gasteiger partial charge < -0.3 is 9.42 Å². The molecule has 1 saturated carbocycles. The summed E-state index contributed by atoms with van der Waals surface area (Å²) in [5, 5.41) is 4.76. The van der Waals surface area contributed by atoms with Gasteiger partial charge in [0, 0.05) is 24.7 Å². The van der Waals surface area contributed by atoms with E-state index in [0.717, 1.165) is 61.1 Å². The van der Waals surface area contributed by atoms with Gasteiger partial charge in [0.15, 0.2) is 0 Å². The van der Waals surface area contributed by atoms with Crippen molar-refractivity contribution in [2.24, 2.45) is 0 Å². The number of hydrogen-bond acceptors (Lipinski definition) is 4. The molecule has 5 heteroatoms. The van der Waals surface area contributed by atoms with E-state index in [9.17, 15) is 4.79 Å². The predicted octanol–water partition coefficient (Wildman–Crippen LogP) is 2.64. The van der Waals surface area contributed by atoms with Gasteiger partial charge in [-0.2, -0.15) is 0 Å². The Morgan fingerprint density at radius 1 is 1.35 bits per heavy atom. The van der Waals surface area contributed by atoms with Crippen LogP contribution in [-0.4, -0.2) is 34.0 Å². The Hall–Kier alpha value is -1.91. The molecule has 5 nitrogen and oxygen atoms in total.